The van der Waals surface area contributed by atoms with Gasteiger partial charge in [0.1, 0.15) is 0 Å². The van der Waals surface area contributed by atoms with Crippen LogP contribution in [0.4, 0.5) is 0 Å². The lowest BCUT2D eigenvalue weighted by Gasteiger charge is -2.33. The van der Waals surface area contributed by atoms with Gasteiger partial charge in [-0.1, -0.05) is 44.0 Å². The molecule has 3 aliphatic rings. The summed E-state index contributed by atoms with van der Waals surface area (Å²) in [6, 6.07) is 2.17. The van der Waals surface area contributed by atoms with Gasteiger partial charge in [0.05, 0.1) is 48.8 Å². The van der Waals surface area contributed by atoms with E-state index in [1.165, 1.54) is 0 Å². The lowest BCUT2D eigenvalue weighted by atomic mass is 9.90. The molecule has 3 N–H and O–H groups in total. The summed E-state index contributed by atoms with van der Waals surface area (Å²) in [6.07, 6.45) is 9.59. The van der Waals surface area contributed by atoms with Gasteiger partial charge in [-0.3, -0.25) is 0 Å². The van der Waals surface area contributed by atoms with Crippen molar-refractivity contribution in [1.29, 1.82) is 5.26 Å². The third-order valence-corrected chi connectivity index (χ3v) is 9.00. The number of fused-ring (bicyclic) bond motifs is 1. The minimum atomic E-state index is -0.442. The maximum atomic E-state index is 9.84. The third-order valence-electron chi connectivity index (χ3n) is 7.98. The van der Waals surface area contributed by atoms with Gasteiger partial charge in [-0.2, -0.15) is 5.26 Å². The first-order chi connectivity index (χ1) is 18.8. The molecule has 0 aromatic carbocycles. The van der Waals surface area contributed by atoms with Gasteiger partial charge in [0.2, 0.25) is 6.04 Å². The Bertz CT molecular complexity index is 802. The van der Waals surface area contributed by atoms with Crippen molar-refractivity contribution in [3.05, 3.63) is 23.6 Å². The normalized spacial score (nSPS) is 30.7. The molecule has 3 fully saturated rings. The molecule has 2 unspecified atom stereocenters. The molecule has 41 heavy (non-hydrogen) atoms. The van der Waals surface area contributed by atoms with E-state index in [2.05, 4.69) is 40.1 Å². The smallest absolute Gasteiger partial charge is 0.223 e. The SMILES string of the molecule is C.C.C=C1C[C@H](CCCO)O[C@H]1CCC(O)C[C@@H](C)C#N.[C-]#[N+][C@H](C)C[C@H]1CC[C@@H]2O[C@@H](CCCO)[C@@H](CI)C2O1. The van der Waals surface area contributed by atoms with Crippen molar-refractivity contribution in [1.82, 2.24) is 0 Å². The highest BCUT2D eigenvalue weighted by atomic mass is 127. The monoisotopic (exact) mass is 692 g/mol. The topological polar surface area (TPSA) is 117 Å². The predicted octanol–water partition coefficient (Wildman–Crippen LogP) is 6.26. The Morgan fingerprint density at radius 2 is 1.76 bits per heavy atom. The number of aliphatic hydroxyl groups excluding tert-OH is 3. The molecule has 0 spiro atoms. The van der Waals surface area contributed by atoms with Crippen molar-refractivity contribution < 1.29 is 29.5 Å². The molecular weight excluding hydrogens is 635 g/mol. The maximum Gasteiger partial charge on any atom is 0.223 e. The van der Waals surface area contributed by atoms with Gasteiger partial charge in [0.25, 0.3) is 0 Å². The van der Waals surface area contributed by atoms with Gasteiger partial charge in [0.15, 0.2) is 0 Å². The summed E-state index contributed by atoms with van der Waals surface area (Å²) < 4.78 is 19.3. The molecule has 0 bridgehead atoms. The number of nitriles is 1. The molecule has 0 aliphatic carbocycles. The minimum absolute atomic E-state index is 0. The quantitative estimate of drug-likeness (QED) is 0.0852. The maximum absolute atomic E-state index is 9.84. The molecule has 0 aromatic rings. The van der Waals surface area contributed by atoms with Crippen molar-refractivity contribution in [2.45, 2.75) is 148 Å². The van der Waals surface area contributed by atoms with E-state index >= 15 is 0 Å². The van der Waals surface area contributed by atoms with Crippen LogP contribution in [0.15, 0.2) is 12.2 Å². The number of halogens is 1. The highest BCUT2D eigenvalue weighted by molar-refractivity contribution is 14.1. The Hall–Kier alpha value is -0.790. The predicted molar refractivity (Wildman–Crippen MR) is 173 cm³/mol. The lowest BCUT2D eigenvalue weighted by Crippen LogP contribution is -2.40. The molecule has 3 saturated heterocycles. The fraction of sp³-hybridized carbons (Fsp3) is 0.875. The molecule has 0 amide bonds. The van der Waals surface area contributed by atoms with Crippen LogP contribution in [0.25, 0.3) is 4.85 Å². The molecular formula is C32H57IN2O6. The van der Waals surface area contributed by atoms with E-state index in [0.717, 1.165) is 67.8 Å². The third kappa shape index (κ3) is 13.6. The van der Waals surface area contributed by atoms with E-state index in [9.17, 15) is 5.11 Å². The molecule has 3 rings (SSSR count). The Kier molecular flexibility index (Phi) is 21.4. The lowest BCUT2D eigenvalue weighted by molar-refractivity contribution is -0.106. The van der Waals surface area contributed by atoms with Crippen LogP contribution < -0.4 is 0 Å². The average Bonchev–Trinajstić information content (AvgIpc) is 3.47. The van der Waals surface area contributed by atoms with Gasteiger partial charge in [-0.15, -0.1) is 0 Å². The first-order valence-corrected chi connectivity index (χ1v) is 16.1. The molecule has 0 aromatic heterocycles. The molecule has 3 heterocycles. The molecule has 9 heteroatoms. The fourth-order valence-corrected chi connectivity index (χ4v) is 6.87. The minimum Gasteiger partial charge on any atom is -0.396 e. The number of hydrogen-bond acceptors (Lipinski definition) is 7. The highest BCUT2D eigenvalue weighted by Gasteiger charge is 2.47. The standard InChI is InChI=1S/C15H24INO3.C15H25NO3.2CH4/c1-10(17-2)8-11-5-6-14-15(19-11)12(9-16)13(20-14)4-3-7-18;1-11(10-16)8-13(18)5-6-15-12(2)9-14(19-15)4-3-7-17;;/h10-15,18H,3-9H2,1H3;11,13-15,17-18H,2-9H2,1H3;2*1H4/t10-,11-,12-,13+,14+,15?;11-,13?,14+,15+;;/m11../s1. The summed E-state index contributed by atoms with van der Waals surface area (Å²) in [5, 5.41) is 36.3. The number of hydrogen-bond donors (Lipinski definition) is 3. The van der Waals surface area contributed by atoms with Crippen LogP contribution in [0.5, 0.6) is 0 Å². The van der Waals surface area contributed by atoms with Gasteiger partial charge < -0.3 is 34.4 Å². The average molecular weight is 693 g/mol. The molecule has 8 nitrogen and oxygen atoms in total. The van der Waals surface area contributed by atoms with Crippen molar-refractivity contribution >= 4 is 22.6 Å². The number of alkyl halides is 1. The largest absolute Gasteiger partial charge is 0.396 e. The molecule has 238 valence electrons. The van der Waals surface area contributed by atoms with Gasteiger partial charge in [0, 0.05) is 42.8 Å². The van der Waals surface area contributed by atoms with E-state index in [1.54, 1.807) is 0 Å². The van der Waals surface area contributed by atoms with Crippen molar-refractivity contribution in [2.75, 3.05) is 17.6 Å². The number of aliphatic hydroxyl groups is 3. The molecule has 3 aliphatic heterocycles. The summed E-state index contributed by atoms with van der Waals surface area (Å²) in [5.74, 6) is 0.318. The Morgan fingerprint density at radius 3 is 2.37 bits per heavy atom. The van der Waals surface area contributed by atoms with Gasteiger partial charge in [-0.05, 0) is 76.7 Å². The molecule has 10 atom stereocenters. The van der Waals surface area contributed by atoms with Gasteiger partial charge >= 0.3 is 0 Å². The van der Waals surface area contributed by atoms with Crippen LogP contribution in [0, 0.1) is 29.7 Å². The second-order valence-corrected chi connectivity index (χ2v) is 12.3. The Labute approximate surface area is 263 Å². The van der Waals surface area contributed by atoms with Crippen LogP contribution in [0.2, 0.25) is 0 Å². The van der Waals surface area contributed by atoms with Crippen molar-refractivity contribution in [3.63, 3.8) is 0 Å². The summed E-state index contributed by atoms with van der Waals surface area (Å²) in [5.41, 5.74) is 1.09. The first kappa shape index (κ1) is 40.2. The first-order valence-electron chi connectivity index (χ1n) is 14.6. The van der Waals surface area contributed by atoms with Crippen LogP contribution in [-0.4, -0.2) is 81.7 Å². The zero-order valence-corrected chi connectivity index (χ0v) is 25.9. The van der Waals surface area contributed by atoms with E-state index in [0.29, 0.717) is 18.8 Å². The van der Waals surface area contributed by atoms with E-state index in [1.807, 2.05) is 13.8 Å². The summed E-state index contributed by atoms with van der Waals surface area (Å²) in [7, 11) is 0. The number of nitrogens with zero attached hydrogens (tertiary/aromatic N) is 2. The number of ether oxygens (including phenoxy) is 3. The van der Waals surface area contributed by atoms with Crippen LogP contribution in [-0.2, 0) is 14.2 Å². The summed E-state index contributed by atoms with van der Waals surface area (Å²) >= 11 is 2.41. The zero-order chi connectivity index (χ0) is 28.8. The fourth-order valence-electron chi connectivity index (χ4n) is 5.80. The van der Waals surface area contributed by atoms with Crippen molar-refractivity contribution in [2.24, 2.45) is 11.8 Å². The van der Waals surface area contributed by atoms with Crippen molar-refractivity contribution in [3.8, 4) is 6.07 Å². The summed E-state index contributed by atoms with van der Waals surface area (Å²) in [6.45, 7) is 15.3. The van der Waals surface area contributed by atoms with Crippen LogP contribution in [0.3, 0.4) is 0 Å². The van der Waals surface area contributed by atoms with Crippen LogP contribution in [0.1, 0.15) is 99.3 Å². The second kappa shape index (κ2) is 21.8. The molecule has 0 radical (unpaired) electrons. The van der Waals surface area contributed by atoms with E-state index < -0.39 is 6.10 Å². The van der Waals surface area contributed by atoms with E-state index in [4.69, 9.17) is 36.3 Å². The van der Waals surface area contributed by atoms with Gasteiger partial charge in [-0.25, -0.2) is 6.57 Å². The Balaban J connectivity index is 0.000000745. The highest BCUT2D eigenvalue weighted by Crippen LogP contribution is 2.40. The summed E-state index contributed by atoms with van der Waals surface area (Å²) in [4.78, 5) is 3.57. The zero-order valence-electron chi connectivity index (χ0n) is 23.7. The van der Waals surface area contributed by atoms with Crippen LogP contribution >= 0.6 is 22.6 Å². The number of rotatable bonds is 14. The Morgan fingerprint density at radius 1 is 1.07 bits per heavy atom. The van der Waals surface area contributed by atoms with E-state index in [-0.39, 0.29) is 76.7 Å². The molecule has 0 saturated carbocycles. The second-order valence-electron chi connectivity index (χ2n) is 11.4.